The van der Waals surface area contributed by atoms with Crippen molar-refractivity contribution in [3.63, 3.8) is 0 Å². The Kier molecular flexibility index (Phi) is 6.60. The second-order valence-electron chi connectivity index (χ2n) is 7.40. The zero-order valence-corrected chi connectivity index (χ0v) is 17.5. The van der Waals surface area contributed by atoms with Gasteiger partial charge in [-0.3, -0.25) is 0 Å². The minimum absolute atomic E-state index is 0.650. The van der Waals surface area contributed by atoms with Crippen molar-refractivity contribution in [3.05, 3.63) is 48.2 Å². The molecule has 0 spiro atoms. The third-order valence-electron chi connectivity index (χ3n) is 5.68. The molecule has 2 aliphatic heterocycles. The minimum Gasteiger partial charge on any atom is -0.495 e. The van der Waals surface area contributed by atoms with Crippen LogP contribution in [-0.4, -0.2) is 55.8 Å². The first kappa shape index (κ1) is 19.4. The lowest BCUT2D eigenvalue weighted by atomic mass is 10.1. The number of nitrogens with zero attached hydrogens (tertiary/aromatic N) is 3. The van der Waals surface area contributed by atoms with Crippen LogP contribution < -0.4 is 19.9 Å². The monoisotopic (exact) mass is 398 g/mol. The molecule has 0 atom stereocenters. The number of rotatable bonds is 6. The Balaban J connectivity index is 1.39. The Morgan fingerprint density at radius 3 is 2.57 bits per heavy atom. The summed E-state index contributed by atoms with van der Waals surface area (Å²) in [4.78, 5) is 9.58. The molecule has 1 aromatic carbocycles. The molecular formula is C22H30N4OS. The van der Waals surface area contributed by atoms with E-state index in [0.29, 0.717) is 6.04 Å². The molecule has 1 N–H and O–H groups in total. The van der Waals surface area contributed by atoms with Gasteiger partial charge in [-0.05, 0) is 42.5 Å². The van der Waals surface area contributed by atoms with Crippen molar-refractivity contribution in [2.24, 2.45) is 0 Å². The molecule has 28 heavy (non-hydrogen) atoms. The van der Waals surface area contributed by atoms with Crippen LogP contribution in [0.5, 0.6) is 5.75 Å². The molecule has 0 unspecified atom stereocenters. The Bertz CT molecular complexity index is 758. The summed E-state index contributed by atoms with van der Waals surface area (Å²) < 4.78 is 5.54. The van der Waals surface area contributed by atoms with Crippen LogP contribution in [0.1, 0.15) is 18.4 Å². The Morgan fingerprint density at radius 1 is 1.04 bits per heavy atom. The zero-order chi connectivity index (χ0) is 19.2. The van der Waals surface area contributed by atoms with Crippen molar-refractivity contribution < 1.29 is 4.74 Å². The first-order valence-corrected chi connectivity index (χ1v) is 11.4. The fourth-order valence-electron chi connectivity index (χ4n) is 4.06. The number of para-hydroxylation sites is 2. The molecule has 2 aliphatic rings. The van der Waals surface area contributed by atoms with Gasteiger partial charge in [-0.1, -0.05) is 18.2 Å². The summed E-state index contributed by atoms with van der Waals surface area (Å²) in [7, 11) is 1.74. The van der Waals surface area contributed by atoms with Gasteiger partial charge >= 0.3 is 0 Å². The quantitative estimate of drug-likeness (QED) is 0.804. The van der Waals surface area contributed by atoms with Gasteiger partial charge in [-0.15, -0.1) is 0 Å². The molecule has 0 aliphatic carbocycles. The smallest absolute Gasteiger partial charge is 0.142 e. The van der Waals surface area contributed by atoms with Gasteiger partial charge in [0.2, 0.25) is 0 Å². The molecule has 6 heteroatoms. The predicted octanol–water partition coefficient (Wildman–Crippen LogP) is 3.40. The van der Waals surface area contributed by atoms with E-state index in [9.17, 15) is 0 Å². The summed E-state index contributed by atoms with van der Waals surface area (Å²) in [6.07, 6.45) is 4.47. The molecule has 0 saturated carbocycles. The van der Waals surface area contributed by atoms with Gasteiger partial charge < -0.3 is 19.9 Å². The molecule has 5 nitrogen and oxygen atoms in total. The van der Waals surface area contributed by atoms with Crippen molar-refractivity contribution in [3.8, 4) is 5.75 Å². The second-order valence-corrected chi connectivity index (χ2v) is 8.62. The highest BCUT2D eigenvalue weighted by atomic mass is 32.2. The van der Waals surface area contributed by atoms with Gasteiger partial charge in [-0.25, -0.2) is 4.98 Å². The lowest BCUT2D eigenvalue weighted by Gasteiger charge is -2.38. The van der Waals surface area contributed by atoms with Gasteiger partial charge in [-0.2, -0.15) is 11.8 Å². The SMILES string of the molecule is COc1ccccc1N1CCN(c2ncccc2CNC2CCSCC2)CC1. The molecular weight excluding hydrogens is 368 g/mol. The number of piperazine rings is 1. The average Bonchev–Trinajstić information content (AvgIpc) is 2.79. The largest absolute Gasteiger partial charge is 0.495 e. The minimum atomic E-state index is 0.650. The van der Waals surface area contributed by atoms with Gasteiger partial charge in [0.1, 0.15) is 11.6 Å². The number of benzene rings is 1. The lowest BCUT2D eigenvalue weighted by molar-refractivity contribution is 0.413. The van der Waals surface area contributed by atoms with Crippen LogP contribution in [-0.2, 0) is 6.54 Å². The van der Waals surface area contributed by atoms with Crippen LogP contribution in [0.4, 0.5) is 11.5 Å². The van der Waals surface area contributed by atoms with Crippen LogP contribution in [0.15, 0.2) is 42.6 Å². The fourth-order valence-corrected chi connectivity index (χ4v) is 5.17. The molecule has 2 fully saturated rings. The number of aromatic nitrogens is 1. The maximum atomic E-state index is 5.54. The van der Waals surface area contributed by atoms with E-state index in [4.69, 9.17) is 9.72 Å². The molecule has 2 saturated heterocycles. The van der Waals surface area contributed by atoms with Crippen LogP contribution in [0.3, 0.4) is 0 Å². The molecule has 1 aromatic heterocycles. The highest BCUT2D eigenvalue weighted by Crippen LogP contribution is 2.29. The number of hydrogen-bond acceptors (Lipinski definition) is 6. The topological polar surface area (TPSA) is 40.6 Å². The van der Waals surface area contributed by atoms with E-state index < -0.39 is 0 Å². The lowest BCUT2D eigenvalue weighted by Crippen LogP contribution is -2.47. The van der Waals surface area contributed by atoms with E-state index in [0.717, 1.165) is 44.3 Å². The van der Waals surface area contributed by atoms with Gasteiger partial charge in [0.05, 0.1) is 12.8 Å². The zero-order valence-electron chi connectivity index (χ0n) is 16.6. The Hall–Kier alpha value is -1.92. The highest BCUT2D eigenvalue weighted by Gasteiger charge is 2.22. The molecule has 150 valence electrons. The van der Waals surface area contributed by atoms with E-state index in [1.807, 2.05) is 18.3 Å². The van der Waals surface area contributed by atoms with Crippen molar-refractivity contribution in [1.82, 2.24) is 10.3 Å². The van der Waals surface area contributed by atoms with E-state index in [1.54, 1.807) is 7.11 Å². The fraction of sp³-hybridized carbons (Fsp3) is 0.500. The summed E-state index contributed by atoms with van der Waals surface area (Å²) in [5.74, 6) is 4.65. The van der Waals surface area contributed by atoms with Gasteiger partial charge in [0.15, 0.2) is 0 Å². The predicted molar refractivity (Wildman–Crippen MR) is 119 cm³/mol. The number of anilines is 2. The van der Waals surface area contributed by atoms with Crippen molar-refractivity contribution >= 4 is 23.3 Å². The van der Waals surface area contributed by atoms with Crippen molar-refractivity contribution in [2.75, 3.05) is 54.6 Å². The number of nitrogens with one attached hydrogen (secondary N) is 1. The third-order valence-corrected chi connectivity index (χ3v) is 6.72. The number of pyridine rings is 1. The second kappa shape index (κ2) is 9.52. The maximum absolute atomic E-state index is 5.54. The standard InChI is InChI=1S/C22H30N4OS/c1-27-21-7-3-2-6-20(21)25-11-13-26(14-12-25)22-18(5-4-10-23-22)17-24-19-8-15-28-16-9-19/h2-7,10,19,24H,8-9,11-17H2,1H3. The molecule has 4 rings (SSSR count). The van der Waals surface area contributed by atoms with Crippen molar-refractivity contribution in [1.29, 1.82) is 0 Å². The molecule has 0 amide bonds. The molecule has 0 bridgehead atoms. The van der Waals surface area contributed by atoms with Crippen LogP contribution >= 0.6 is 11.8 Å². The number of hydrogen-bond donors (Lipinski definition) is 1. The van der Waals surface area contributed by atoms with Gasteiger partial charge in [0, 0.05) is 50.5 Å². The van der Waals surface area contributed by atoms with E-state index in [-0.39, 0.29) is 0 Å². The normalized spacial score (nSPS) is 18.3. The van der Waals surface area contributed by atoms with Crippen molar-refractivity contribution in [2.45, 2.75) is 25.4 Å². The summed E-state index contributed by atoms with van der Waals surface area (Å²) >= 11 is 2.07. The Morgan fingerprint density at radius 2 is 1.79 bits per heavy atom. The summed E-state index contributed by atoms with van der Waals surface area (Å²) in [5, 5.41) is 3.76. The number of ether oxygens (including phenoxy) is 1. The van der Waals surface area contributed by atoms with Crippen LogP contribution in [0.25, 0.3) is 0 Å². The summed E-state index contributed by atoms with van der Waals surface area (Å²) in [6.45, 7) is 4.81. The summed E-state index contributed by atoms with van der Waals surface area (Å²) in [6, 6.07) is 13.2. The molecule has 0 radical (unpaired) electrons. The molecule has 2 aromatic rings. The Labute approximate surface area is 172 Å². The van der Waals surface area contributed by atoms with Crippen LogP contribution in [0.2, 0.25) is 0 Å². The van der Waals surface area contributed by atoms with Crippen LogP contribution in [0, 0.1) is 0 Å². The average molecular weight is 399 g/mol. The third kappa shape index (κ3) is 4.55. The van der Waals surface area contributed by atoms with E-state index in [1.165, 1.54) is 35.6 Å². The van der Waals surface area contributed by atoms with E-state index in [2.05, 4.69) is 51.1 Å². The molecule has 3 heterocycles. The van der Waals surface area contributed by atoms with Gasteiger partial charge in [0.25, 0.3) is 0 Å². The number of thioether (sulfide) groups is 1. The summed E-state index contributed by atoms with van der Waals surface area (Å²) in [5.41, 5.74) is 2.49. The first-order valence-electron chi connectivity index (χ1n) is 10.2. The highest BCUT2D eigenvalue weighted by molar-refractivity contribution is 7.99. The number of methoxy groups -OCH3 is 1. The maximum Gasteiger partial charge on any atom is 0.142 e. The van der Waals surface area contributed by atoms with E-state index >= 15 is 0 Å². The first-order chi connectivity index (χ1) is 13.8.